The van der Waals surface area contributed by atoms with Gasteiger partial charge in [0.2, 0.25) is 0 Å². The molecule has 0 atom stereocenters. The maximum absolute atomic E-state index is 11.5. The first kappa shape index (κ1) is 8.03. The lowest BCUT2D eigenvalue weighted by atomic mass is 9.68. The van der Waals surface area contributed by atoms with Crippen LogP contribution in [0.2, 0.25) is 0 Å². The van der Waals surface area contributed by atoms with E-state index in [1.54, 1.807) is 0 Å². The van der Waals surface area contributed by atoms with E-state index in [2.05, 4.69) is 5.43 Å². The van der Waals surface area contributed by atoms with E-state index in [0.717, 1.165) is 6.42 Å². The maximum atomic E-state index is 11.5. The van der Waals surface area contributed by atoms with Gasteiger partial charge in [-0.1, -0.05) is 6.42 Å². The Balaban J connectivity index is 2.30. The van der Waals surface area contributed by atoms with Crippen LogP contribution in [-0.4, -0.2) is 22.9 Å². The zero-order chi connectivity index (χ0) is 9.64. The van der Waals surface area contributed by atoms with Crippen LogP contribution in [-0.2, 0) is 9.59 Å². The molecule has 2 fully saturated rings. The molecule has 1 saturated carbocycles. The Bertz CT molecular complexity index is 308. The van der Waals surface area contributed by atoms with Gasteiger partial charge in [-0.05, 0) is 12.8 Å². The number of nitrogens with two attached hydrogens (primary N) is 1. The summed E-state index contributed by atoms with van der Waals surface area (Å²) in [6.45, 7) is 0. The number of nitrogens with one attached hydrogen (secondary N) is 1. The molecule has 4 amide bonds. The second kappa shape index (κ2) is 2.21. The van der Waals surface area contributed by atoms with Gasteiger partial charge in [0.15, 0.2) is 0 Å². The number of primary amides is 1. The monoisotopic (exact) mass is 183 g/mol. The molecule has 0 aromatic heterocycles. The van der Waals surface area contributed by atoms with Crippen molar-refractivity contribution in [3.05, 3.63) is 0 Å². The smallest absolute Gasteiger partial charge is 0.340 e. The van der Waals surface area contributed by atoms with Crippen molar-refractivity contribution in [2.75, 3.05) is 0 Å². The van der Waals surface area contributed by atoms with E-state index in [9.17, 15) is 14.4 Å². The van der Waals surface area contributed by atoms with E-state index in [1.165, 1.54) is 0 Å². The highest BCUT2D eigenvalue weighted by Crippen LogP contribution is 2.45. The van der Waals surface area contributed by atoms with Gasteiger partial charge >= 0.3 is 6.03 Å². The minimum Gasteiger partial charge on any atom is -0.350 e. The molecule has 1 spiro atoms. The van der Waals surface area contributed by atoms with Crippen LogP contribution in [0.4, 0.5) is 4.79 Å². The zero-order valence-electron chi connectivity index (χ0n) is 6.87. The summed E-state index contributed by atoms with van der Waals surface area (Å²) in [7, 11) is 0. The standard InChI is InChI=1S/C7H9N3O3/c8-6(13)10-5(12)7(2-1-3-7)4(11)9-10/h1-3H2,(H2,8,13)(H,9,11). The predicted octanol–water partition coefficient (Wildman–Crippen LogP) is -0.891. The van der Waals surface area contributed by atoms with Crippen molar-refractivity contribution in [3.8, 4) is 0 Å². The molecule has 2 rings (SSSR count). The highest BCUT2D eigenvalue weighted by atomic mass is 16.2. The molecule has 0 aromatic carbocycles. The Morgan fingerprint density at radius 1 is 1.46 bits per heavy atom. The zero-order valence-corrected chi connectivity index (χ0v) is 6.87. The molecule has 1 saturated heterocycles. The van der Waals surface area contributed by atoms with Crippen LogP contribution in [0.5, 0.6) is 0 Å². The fourth-order valence-corrected chi connectivity index (χ4v) is 1.70. The van der Waals surface area contributed by atoms with E-state index in [-0.39, 0.29) is 0 Å². The molecule has 6 nitrogen and oxygen atoms in total. The van der Waals surface area contributed by atoms with Crippen LogP contribution in [0, 0.1) is 5.41 Å². The molecule has 3 N–H and O–H groups in total. The Labute approximate surface area is 74.0 Å². The summed E-state index contributed by atoms with van der Waals surface area (Å²) in [6, 6.07) is -0.929. The topological polar surface area (TPSA) is 92.5 Å². The number of hydrogen-bond acceptors (Lipinski definition) is 3. The van der Waals surface area contributed by atoms with Crippen molar-refractivity contribution >= 4 is 17.8 Å². The maximum Gasteiger partial charge on any atom is 0.340 e. The number of carbonyl (C=O) groups is 3. The van der Waals surface area contributed by atoms with Crippen LogP contribution < -0.4 is 11.2 Å². The van der Waals surface area contributed by atoms with Gasteiger partial charge in [0.1, 0.15) is 5.41 Å². The van der Waals surface area contributed by atoms with E-state index in [1.807, 2.05) is 0 Å². The summed E-state index contributed by atoms with van der Waals surface area (Å²) in [5, 5.41) is 0.599. The Morgan fingerprint density at radius 2 is 2.08 bits per heavy atom. The number of urea groups is 1. The molecule has 6 heteroatoms. The van der Waals surface area contributed by atoms with Gasteiger partial charge in [-0.25, -0.2) is 4.79 Å². The number of imide groups is 1. The van der Waals surface area contributed by atoms with Gasteiger partial charge in [0.25, 0.3) is 11.8 Å². The molecule has 0 radical (unpaired) electrons. The number of hydrogen-bond donors (Lipinski definition) is 2. The predicted molar refractivity (Wildman–Crippen MR) is 40.9 cm³/mol. The molecule has 1 heterocycles. The number of nitrogens with zero attached hydrogens (tertiary/aromatic N) is 1. The van der Waals surface area contributed by atoms with Crippen LogP contribution in [0.3, 0.4) is 0 Å². The van der Waals surface area contributed by atoms with E-state index < -0.39 is 23.3 Å². The van der Waals surface area contributed by atoms with Gasteiger partial charge in [-0.2, -0.15) is 5.01 Å². The van der Waals surface area contributed by atoms with E-state index in [4.69, 9.17) is 5.73 Å². The highest BCUT2D eigenvalue weighted by Gasteiger charge is 2.59. The second-order valence-corrected chi connectivity index (χ2v) is 3.36. The molecule has 2 aliphatic rings. The third-order valence-corrected chi connectivity index (χ3v) is 2.69. The van der Waals surface area contributed by atoms with Gasteiger partial charge in [-0.3, -0.25) is 15.0 Å². The van der Waals surface area contributed by atoms with E-state index in [0.29, 0.717) is 17.9 Å². The SMILES string of the molecule is NC(=O)N1NC(=O)C2(CCC2)C1=O. The van der Waals surface area contributed by atoms with Gasteiger partial charge in [0, 0.05) is 0 Å². The van der Waals surface area contributed by atoms with Crippen molar-refractivity contribution in [2.24, 2.45) is 11.1 Å². The number of rotatable bonds is 0. The van der Waals surface area contributed by atoms with Crippen molar-refractivity contribution in [1.82, 2.24) is 10.4 Å². The first-order valence-corrected chi connectivity index (χ1v) is 4.03. The molecule has 0 bridgehead atoms. The lowest BCUT2D eigenvalue weighted by Gasteiger charge is -2.31. The van der Waals surface area contributed by atoms with Crippen molar-refractivity contribution in [3.63, 3.8) is 0 Å². The minimum atomic E-state index is -0.977. The summed E-state index contributed by atoms with van der Waals surface area (Å²) in [4.78, 5) is 33.5. The van der Waals surface area contributed by atoms with Crippen LogP contribution in [0.25, 0.3) is 0 Å². The summed E-state index contributed by atoms with van der Waals surface area (Å²) >= 11 is 0. The average molecular weight is 183 g/mol. The average Bonchev–Trinajstić information content (AvgIpc) is 2.21. The van der Waals surface area contributed by atoms with Crippen molar-refractivity contribution < 1.29 is 14.4 Å². The van der Waals surface area contributed by atoms with Crippen molar-refractivity contribution in [2.45, 2.75) is 19.3 Å². The molecule has 0 unspecified atom stereocenters. The third kappa shape index (κ3) is 0.796. The molecule has 1 aliphatic heterocycles. The fourth-order valence-electron chi connectivity index (χ4n) is 1.70. The lowest BCUT2D eigenvalue weighted by Crippen LogP contribution is -2.46. The summed E-state index contributed by atoms with van der Waals surface area (Å²) in [5.41, 5.74) is 6.09. The summed E-state index contributed by atoms with van der Waals surface area (Å²) in [5.74, 6) is -0.904. The fraction of sp³-hybridized carbons (Fsp3) is 0.571. The Kier molecular flexibility index (Phi) is 1.37. The normalized spacial score (nSPS) is 24.5. The summed E-state index contributed by atoms with van der Waals surface area (Å²) in [6.07, 6.45) is 1.87. The largest absolute Gasteiger partial charge is 0.350 e. The number of hydrazine groups is 1. The number of carbonyl (C=O) groups excluding carboxylic acids is 3. The first-order valence-electron chi connectivity index (χ1n) is 4.03. The van der Waals surface area contributed by atoms with E-state index >= 15 is 0 Å². The molecular formula is C7H9N3O3. The van der Waals surface area contributed by atoms with Crippen LogP contribution in [0.1, 0.15) is 19.3 Å². The molecule has 13 heavy (non-hydrogen) atoms. The molecule has 1 aliphatic carbocycles. The minimum absolute atomic E-state index is 0.400. The van der Waals surface area contributed by atoms with Crippen LogP contribution in [0.15, 0.2) is 0 Å². The molecule has 70 valence electrons. The quantitative estimate of drug-likeness (QED) is 0.477. The third-order valence-electron chi connectivity index (χ3n) is 2.69. The van der Waals surface area contributed by atoms with Crippen LogP contribution >= 0.6 is 0 Å². The van der Waals surface area contributed by atoms with Gasteiger partial charge < -0.3 is 5.73 Å². The van der Waals surface area contributed by atoms with Crippen molar-refractivity contribution in [1.29, 1.82) is 0 Å². The lowest BCUT2D eigenvalue weighted by molar-refractivity contribution is -0.143. The van der Waals surface area contributed by atoms with Gasteiger partial charge in [0.05, 0.1) is 0 Å². The molecule has 0 aromatic rings. The second-order valence-electron chi connectivity index (χ2n) is 3.36. The highest BCUT2D eigenvalue weighted by molar-refractivity contribution is 6.15. The van der Waals surface area contributed by atoms with Gasteiger partial charge in [-0.15, -0.1) is 0 Å². The Hall–Kier alpha value is -1.59. The Morgan fingerprint density at radius 3 is 2.31 bits per heavy atom. The molecular weight excluding hydrogens is 174 g/mol. The first-order chi connectivity index (χ1) is 6.08. The summed E-state index contributed by atoms with van der Waals surface area (Å²) < 4.78 is 0. The number of amides is 4.